The summed E-state index contributed by atoms with van der Waals surface area (Å²) in [5, 5.41) is 32.8. The number of fused-ring (bicyclic) bond motifs is 2. The van der Waals surface area contributed by atoms with Crippen molar-refractivity contribution in [3.8, 4) is 46.0 Å². The number of hydrogen-bond donors (Lipinski definition) is 3. The summed E-state index contributed by atoms with van der Waals surface area (Å²) in [7, 11) is 8.13. The number of quaternary nitrogens is 1. The smallest absolute Gasteiger partial charge is 0.201 e. The van der Waals surface area contributed by atoms with Crippen LogP contribution in [0.5, 0.6) is 46.0 Å². The number of hydrogen-bond acceptors (Lipinski definition) is 7. The molecule has 44 heavy (non-hydrogen) atoms. The SMILES string of the molecule is COc1cc2c3cc1Oc1cc(ccc1O)C[C@@H]1c4c(cc(O)c(O)c4Oc4ccc(cc4)C[C@@H]3N(C)CC2)CC[N+]1(C)C. The number of ether oxygens (including phenoxy) is 3. The highest BCUT2D eigenvalue weighted by molar-refractivity contribution is 5.61. The Morgan fingerprint density at radius 3 is 2.36 bits per heavy atom. The van der Waals surface area contributed by atoms with E-state index in [2.05, 4.69) is 50.3 Å². The van der Waals surface area contributed by atoms with Crippen molar-refractivity contribution in [2.45, 2.75) is 37.8 Å². The molecule has 0 saturated carbocycles. The fraction of sp³-hybridized carbons (Fsp3) is 0.333. The molecule has 0 spiro atoms. The Kier molecular flexibility index (Phi) is 6.86. The van der Waals surface area contributed by atoms with Gasteiger partial charge in [-0.2, -0.15) is 0 Å². The summed E-state index contributed by atoms with van der Waals surface area (Å²) in [6.07, 6.45) is 3.00. The zero-order valence-electron chi connectivity index (χ0n) is 25.6. The molecule has 0 unspecified atom stereocenters. The molecule has 0 fully saturated rings. The Morgan fingerprint density at radius 1 is 0.818 bits per heavy atom. The Bertz CT molecular complexity index is 1750. The lowest BCUT2D eigenvalue weighted by molar-refractivity contribution is -0.923. The Hall–Kier alpha value is -4.40. The first-order chi connectivity index (χ1) is 21.1. The van der Waals surface area contributed by atoms with E-state index in [1.54, 1.807) is 19.2 Å². The summed E-state index contributed by atoms with van der Waals surface area (Å²) in [5.41, 5.74) is 6.34. The number of phenolic OH excluding ortho intramolecular Hbond substituents is 3. The third-order valence-electron chi connectivity index (χ3n) is 9.79. The fourth-order valence-corrected chi connectivity index (χ4v) is 7.12. The maximum atomic E-state index is 11.2. The van der Waals surface area contributed by atoms with Crippen molar-refractivity contribution in [1.82, 2.24) is 4.90 Å². The van der Waals surface area contributed by atoms with E-state index >= 15 is 0 Å². The van der Waals surface area contributed by atoms with Crippen molar-refractivity contribution in [1.29, 1.82) is 0 Å². The standard InChI is InChI=1S/C36H38N2O6/c1-37-13-11-23-19-32(42-4)33-20-26(23)27(37)15-21-5-8-25(9-6-21)43-36-34-24(18-30(40)35(36)41)12-14-38(2,3)28(34)16-22-7-10-29(39)31(17-22)44-33/h5-10,17-20,27-28H,11-16H2,1-4H3,(H2-,39,40,41)/p+1/t27-,28+/m0/s1. The maximum Gasteiger partial charge on any atom is 0.201 e. The van der Waals surface area contributed by atoms with Gasteiger partial charge in [0.05, 0.1) is 33.3 Å². The Labute approximate surface area is 257 Å². The molecule has 0 aliphatic carbocycles. The maximum absolute atomic E-state index is 11.2. The van der Waals surface area contributed by atoms with E-state index in [0.717, 1.165) is 54.6 Å². The minimum absolute atomic E-state index is 0.0421. The zero-order chi connectivity index (χ0) is 30.7. The molecule has 4 heterocycles. The van der Waals surface area contributed by atoms with Gasteiger partial charge in [-0.15, -0.1) is 0 Å². The lowest BCUT2D eigenvalue weighted by Crippen LogP contribution is -2.48. The van der Waals surface area contributed by atoms with Crippen LogP contribution < -0.4 is 14.2 Å². The summed E-state index contributed by atoms with van der Waals surface area (Å²) in [4.78, 5) is 2.36. The van der Waals surface area contributed by atoms with Gasteiger partial charge in [0.1, 0.15) is 11.8 Å². The summed E-state index contributed by atoms with van der Waals surface area (Å²) < 4.78 is 19.3. The second kappa shape index (κ2) is 10.6. The first-order valence-electron chi connectivity index (χ1n) is 15.2. The van der Waals surface area contributed by atoms with Crippen molar-refractivity contribution in [2.24, 2.45) is 0 Å². The number of aromatic hydroxyl groups is 3. The Morgan fingerprint density at radius 2 is 1.59 bits per heavy atom. The molecule has 8 heteroatoms. The van der Waals surface area contributed by atoms with E-state index in [9.17, 15) is 15.3 Å². The number of phenols is 3. The largest absolute Gasteiger partial charge is 0.504 e. The van der Waals surface area contributed by atoms with Crippen LogP contribution in [0.15, 0.2) is 60.7 Å². The summed E-state index contributed by atoms with van der Waals surface area (Å²) in [6.45, 7) is 1.77. The van der Waals surface area contributed by atoms with Gasteiger partial charge >= 0.3 is 0 Å². The summed E-state index contributed by atoms with van der Waals surface area (Å²) >= 11 is 0. The van der Waals surface area contributed by atoms with Gasteiger partial charge in [0, 0.05) is 25.4 Å². The van der Waals surface area contributed by atoms with Gasteiger partial charge in [-0.25, -0.2) is 0 Å². The molecular weight excluding hydrogens is 556 g/mol. The van der Waals surface area contributed by atoms with Crippen LogP contribution in [0.25, 0.3) is 0 Å². The minimum Gasteiger partial charge on any atom is -0.504 e. The molecule has 4 aliphatic heterocycles. The van der Waals surface area contributed by atoms with Crippen molar-refractivity contribution in [2.75, 3.05) is 41.3 Å². The normalized spacial score (nSPS) is 20.5. The lowest BCUT2D eigenvalue weighted by atomic mass is 9.86. The van der Waals surface area contributed by atoms with Gasteiger partial charge in [-0.05, 0) is 90.2 Å². The molecule has 0 radical (unpaired) electrons. The van der Waals surface area contributed by atoms with Crippen molar-refractivity contribution in [3.63, 3.8) is 0 Å². The highest BCUT2D eigenvalue weighted by Gasteiger charge is 2.40. The van der Waals surface area contributed by atoms with E-state index < -0.39 is 0 Å². The van der Waals surface area contributed by atoms with Crippen molar-refractivity contribution >= 4 is 0 Å². The van der Waals surface area contributed by atoms with Crippen LogP contribution in [0.1, 0.15) is 45.5 Å². The van der Waals surface area contributed by atoms with E-state index in [4.69, 9.17) is 14.2 Å². The molecule has 8 rings (SSSR count). The highest BCUT2D eigenvalue weighted by atomic mass is 16.5. The topological polar surface area (TPSA) is 91.6 Å². The first kappa shape index (κ1) is 28.4. The number of methoxy groups -OCH3 is 1. The molecular formula is C36H39N2O6+. The van der Waals surface area contributed by atoms with Crippen LogP contribution in [-0.2, 0) is 25.7 Å². The van der Waals surface area contributed by atoms with Gasteiger partial charge in [0.25, 0.3) is 0 Å². The van der Waals surface area contributed by atoms with Gasteiger partial charge in [-0.1, -0.05) is 18.2 Å². The summed E-state index contributed by atoms with van der Waals surface area (Å²) in [6, 6.07) is 19.3. The monoisotopic (exact) mass is 595 g/mol. The molecule has 0 amide bonds. The Balaban J connectivity index is 1.43. The third kappa shape index (κ3) is 4.88. The number of rotatable bonds is 1. The van der Waals surface area contributed by atoms with E-state index in [1.807, 2.05) is 24.3 Å². The van der Waals surface area contributed by atoms with E-state index in [0.29, 0.717) is 33.9 Å². The van der Waals surface area contributed by atoms with Gasteiger partial charge < -0.3 is 34.0 Å². The number of likely N-dealkylation sites (N-methyl/N-ethyl adjacent to an activating group) is 2. The molecule has 4 aliphatic rings. The molecule has 3 N–H and O–H groups in total. The molecule has 6 bridgehead atoms. The molecule has 0 aromatic heterocycles. The molecule has 0 saturated heterocycles. The van der Waals surface area contributed by atoms with Gasteiger partial charge in [-0.3, -0.25) is 4.90 Å². The predicted molar refractivity (Wildman–Crippen MR) is 167 cm³/mol. The molecule has 2 atom stereocenters. The van der Waals surface area contributed by atoms with Crippen LogP contribution in [0, 0.1) is 0 Å². The second-order valence-corrected chi connectivity index (χ2v) is 12.9. The van der Waals surface area contributed by atoms with E-state index in [-0.39, 0.29) is 35.1 Å². The average Bonchev–Trinajstić information content (AvgIpc) is 3.00. The van der Waals surface area contributed by atoms with Crippen LogP contribution in [0.2, 0.25) is 0 Å². The second-order valence-electron chi connectivity index (χ2n) is 12.9. The van der Waals surface area contributed by atoms with Crippen LogP contribution in [0.3, 0.4) is 0 Å². The van der Waals surface area contributed by atoms with E-state index in [1.165, 1.54) is 11.1 Å². The first-order valence-corrected chi connectivity index (χ1v) is 15.2. The van der Waals surface area contributed by atoms with Crippen LogP contribution >= 0.6 is 0 Å². The minimum atomic E-state index is -0.259. The number of benzene rings is 4. The number of nitrogens with zero attached hydrogens (tertiary/aromatic N) is 2. The fourth-order valence-electron chi connectivity index (χ4n) is 7.12. The van der Waals surface area contributed by atoms with Crippen molar-refractivity contribution < 1.29 is 34.0 Å². The van der Waals surface area contributed by atoms with Crippen LogP contribution in [0.4, 0.5) is 0 Å². The zero-order valence-corrected chi connectivity index (χ0v) is 25.6. The average molecular weight is 596 g/mol. The molecule has 228 valence electrons. The molecule has 8 nitrogen and oxygen atoms in total. The van der Waals surface area contributed by atoms with Gasteiger partial charge in [0.2, 0.25) is 5.75 Å². The predicted octanol–water partition coefficient (Wildman–Crippen LogP) is 6.40. The van der Waals surface area contributed by atoms with Crippen molar-refractivity contribution in [3.05, 3.63) is 94.0 Å². The molecule has 4 aromatic carbocycles. The van der Waals surface area contributed by atoms with Gasteiger partial charge in [0.15, 0.2) is 34.5 Å². The third-order valence-corrected chi connectivity index (χ3v) is 9.79. The molecule has 4 aromatic rings. The summed E-state index contributed by atoms with van der Waals surface area (Å²) in [5.74, 6) is 2.02. The lowest BCUT2D eigenvalue weighted by Gasteiger charge is -2.43. The highest BCUT2D eigenvalue weighted by Crippen LogP contribution is 2.51. The quantitative estimate of drug-likeness (QED) is 0.173. The van der Waals surface area contributed by atoms with Crippen LogP contribution in [-0.4, -0.2) is 66.0 Å².